The molecule has 14 heteroatoms. The molecule has 0 saturated carbocycles. The Morgan fingerprint density at radius 3 is 2.54 bits per heavy atom. The summed E-state index contributed by atoms with van der Waals surface area (Å²) in [4.78, 5) is 29.3. The highest BCUT2D eigenvalue weighted by molar-refractivity contribution is 5.77. The van der Waals surface area contributed by atoms with Gasteiger partial charge in [-0.2, -0.15) is 18.2 Å². The molecule has 0 radical (unpaired) electrons. The van der Waals surface area contributed by atoms with Crippen molar-refractivity contribution in [1.82, 2.24) is 29.1 Å². The van der Waals surface area contributed by atoms with Crippen LogP contribution in [0.4, 0.5) is 30.6 Å². The fraction of sp³-hybridized carbons (Fsp3) is 0.190. The molecular formula is C21H20F3N9O2. The van der Waals surface area contributed by atoms with E-state index in [1.54, 1.807) is 20.2 Å². The number of nitrogens with zero attached hydrogens (tertiary/aromatic N) is 6. The molecule has 0 spiro atoms. The van der Waals surface area contributed by atoms with E-state index in [1.165, 1.54) is 36.4 Å². The lowest BCUT2D eigenvalue weighted by Gasteiger charge is -2.12. The number of anilines is 3. The Balaban J connectivity index is 1.64. The van der Waals surface area contributed by atoms with Crippen LogP contribution in [0, 0.1) is 0 Å². The first-order valence-electron chi connectivity index (χ1n) is 10.1. The predicted octanol–water partition coefficient (Wildman–Crippen LogP) is 2.60. The maximum absolute atomic E-state index is 13.2. The smallest absolute Gasteiger partial charge is 0.417 e. The Labute approximate surface area is 196 Å². The summed E-state index contributed by atoms with van der Waals surface area (Å²) in [6.45, 7) is 0. The van der Waals surface area contributed by atoms with Crippen LogP contribution in [0.3, 0.4) is 0 Å². The normalized spacial score (nSPS) is 12.1. The van der Waals surface area contributed by atoms with E-state index in [4.69, 9.17) is 10.5 Å². The van der Waals surface area contributed by atoms with Crippen LogP contribution in [-0.2, 0) is 20.3 Å². The van der Waals surface area contributed by atoms with Crippen molar-refractivity contribution in [2.75, 3.05) is 17.7 Å². The van der Waals surface area contributed by atoms with Crippen molar-refractivity contribution >= 4 is 34.4 Å². The molecule has 0 aliphatic rings. The second-order valence-corrected chi connectivity index (χ2v) is 7.36. The van der Waals surface area contributed by atoms with Gasteiger partial charge in [-0.3, -0.25) is 4.79 Å². The van der Waals surface area contributed by atoms with E-state index < -0.39 is 17.3 Å². The number of halogens is 3. The number of fused-ring (bicyclic) bond motifs is 1. The van der Waals surface area contributed by atoms with Gasteiger partial charge in [0.1, 0.15) is 22.9 Å². The van der Waals surface area contributed by atoms with Crippen LogP contribution in [-0.4, -0.2) is 36.1 Å². The Bertz CT molecular complexity index is 1470. The van der Waals surface area contributed by atoms with Crippen LogP contribution < -0.4 is 26.7 Å². The number of nitrogens with two attached hydrogens (primary N) is 1. The maximum atomic E-state index is 13.2. The monoisotopic (exact) mass is 487 g/mol. The van der Waals surface area contributed by atoms with E-state index in [2.05, 4.69) is 30.6 Å². The minimum absolute atomic E-state index is 0.115. The third kappa shape index (κ3) is 4.71. The van der Waals surface area contributed by atoms with Gasteiger partial charge in [-0.1, -0.05) is 0 Å². The van der Waals surface area contributed by atoms with Gasteiger partial charge in [-0.05, 0) is 6.07 Å². The molecule has 0 unspecified atom stereocenters. The van der Waals surface area contributed by atoms with Gasteiger partial charge in [-0.15, -0.1) is 0 Å². The summed E-state index contributed by atoms with van der Waals surface area (Å²) < 4.78 is 47.8. The average molecular weight is 487 g/mol. The van der Waals surface area contributed by atoms with Crippen LogP contribution >= 0.6 is 0 Å². The number of nitrogens with one attached hydrogen (secondary N) is 2. The molecule has 4 rings (SSSR count). The Morgan fingerprint density at radius 2 is 1.91 bits per heavy atom. The molecule has 4 aromatic heterocycles. The molecule has 182 valence electrons. The van der Waals surface area contributed by atoms with Crippen molar-refractivity contribution < 1.29 is 17.9 Å². The van der Waals surface area contributed by atoms with E-state index in [1.807, 2.05) is 0 Å². The number of aromatic nitrogens is 6. The number of hydrogen-bond donors (Lipinski definition) is 3. The van der Waals surface area contributed by atoms with E-state index >= 15 is 0 Å². The van der Waals surface area contributed by atoms with Crippen LogP contribution in [0.2, 0.25) is 0 Å². The van der Waals surface area contributed by atoms with E-state index in [0.717, 1.165) is 16.8 Å². The molecule has 0 atom stereocenters. The second-order valence-electron chi connectivity index (χ2n) is 7.36. The summed E-state index contributed by atoms with van der Waals surface area (Å²) in [5.74, 6) is 1.22. The topological polar surface area (TPSA) is 138 Å². The lowest BCUT2D eigenvalue weighted by Crippen LogP contribution is -2.23. The quantitative estimate of drug-likeness (QED) is 0.350. The minimum Gasteiger partial charge on any atom is -0.452 e. The van der Waals surface area contributed by atoms with Crippen molar-refractivity contribution in [1.29, 1.82) is 0 Å². The number of alkyl halides is 3. The molecule has 0 aromatic carbocycles. The molecular weight excluding hydrogens is 467 g/mol. The molecule has 35 heavy (non-hydrogen) atoms. The maximum Gasteiger partial charge on any atom is 0.417 e. The van der Waals surface area contributed by atoms with Crippen molar-refractivity contribution in [3.8, 4) is 5.75 Å². The van der Waals surface area contributed by atoms with E-state index in [-0.39, 0.29) is 23.0 Å². The van der Waals surface area contributed by atoms with Gasteiger partial charge >= 0.3 is 6.18 Å². The summed E-state index contributed by atoms with van der Waals surface area (Å²) in [7, 11) is 4.56. The van der Waals surface area contributed by atoms with Crippen molar-refractivity contribution in [2.24, 2.45) is 19.8 Å². The number of ether oxygens (including phenoxy) is 1. The summed E-state index contributed by atoms with van der Waals surface area (Å²) in [5, 5.41) is 5.53. The van der Waals surface area contributed by atoms with Crippen LogP contribution in [0.1, 0.15) is 11.3 Å². The summed E-state index contributed by atoms with van der Waals surface area (Å²) in [6, 6.07) is 2.35. The first-order valence-corrected chi connectivity index (χ1v) is 10.1. The molecule has 0 fully saturated rings. The highest BCUT2D eigenvalue weighted by Gasteiger charge is 2.32. The summed E-state index contributed by atoms with van der Waals surface area (Å²) in [6.07, 6.45) is 1.74. The van der Waals surface area contributed by atoms with E-state index in [0.29, 0.717) is 22.8 Å². The van der Waals surface area contributed by atoms with Gasteiger partial charge in [0.25, 0.3) is 5.56 Å². The largest absolute Gasteiger partial charge is 0.452 e. The first-order chi connectivity index (χ1) is 16.6. The van der Waals surface area contributed by atoms with Crippen LogP contribution in [0.25, 0.3) is 16.9 Å². The molecule has 4 aromatic rings. The average Bonchev–Trinajstić information content (AvgIpc) is 3.14. The Kier molecular flexibility index (Phi) is 6.03. The molecule has 4 heterocycles. The van der Waals surface area contributed by atoms with Crippen LogP contribution in [0.15, 0.2) is 47.9 Å². The number of rotatable bonds is 6. The summed E-state index contributed by atoms with van der Waals surface area (Å²) >= 11 is 0. The van der Waals surface area contributed by atoms with Gasteiger partial charge < -0.3 is 30.2 Å². The fourth-order valence-corrected chi connectivity index (χ4v) is 3.18. The SMILES string of the molecule is CNc1cnc(C(=CN)Oc2cnc3nc(Nc4cc(C(F)(F)F)cn(C)c4=O)n(C)c3c2)cn1. The zero-order chi connectivity index (χ0) is 25.3. The van der Waals surface area contributed by atoms with Crippen molar-refractivity contribution in [3.63, 3.8) is 0 Å². The molecule has 0 saturated heterocycles. The highest BCUT2D eigenvalue weighted by Crippen LogP contribution is 2.31. The first kappa shape index (κ1) is 23.5. The van der Waals surface area contributed by atoms with Gasteiger partial charge in [0.05, 0.1) is 29.7 Å². The van der Waals surface area contributed by atoms with Gasteiger partial charge in [-0.25, -0.2) is 15.0 Å². The van der Waals surface area contributed by atoms with Gasteiger partial charge in [0, 0.05) is 39.6 Å². The molecule has 0 bridgehead atoms. The highest BCUT2D eigenvalue weighted by atomic mass is 19.4. The Morgan fingerprint density at radius 1 is 1.14 bits per heavy atom. The predicted molar refractivity (Wildman–Crippen MR) is 123 cm³/mol. The van der Waals surface area contributed by atoms with Crippen molar-refractivity contribution in [3.05, 3.63) is 64.7 Å². The molecule has 4 N–H and O–H groups in total. The number of pyridine rings is 2. The van der Waals surface area contributed by atoms with Gasteiger partial charge in [0.2, 0.25) is 5.95 Å². The Hall–Kier alpha value is -4.62. The lowest BCUT2D eigenvalue weighted by molar-refractivity contribution is -0.138. The number of hydrogen-bond acceptors (Lipinski definition) is 9. The minimum atomic E-state index is -4.62. The molecule has 0 aliphatic heterocycles. The summed E-state index contributed by atoms with van der Waals surface area (Å²) in [5.41, 5.74) is 4.95. The third-order valence-corrected chi connectivity index (χ3v) is 5.01. The van der Waals surface area contributed by atoms with Crippen molar-refractivity contribution in [2.45, 2.75) is 6.18 Å². The standard InChI is InChI=1S/C21H20F3N9O2/c1-26-17-9-27-14(8-28-17)16(6-25)35-12-5-15-18(29-7-12)31-20(33(15)3)30-13-4-11(21(22,23)24)10-32(2)19(13)34/h4-10H,25H2,1-3H3,(H,26,28)(H,29,30,31). The number of aryl methyl sites for hydroxylation is 2. The lowest BCUT2D eigenvalue weighted by atomic mass is 10.2. The molecule has 11 nitrogen and oxygen atoms in total. The number of imidazole rings is 1. The fourth-order valence-electron chi connectivity index (χ4n) is 3.18. The zero-order valence-corrected chi connectivity index (χ0v) is 18.8. The third-order valence-electron chi connectivity index (χ3n) is 5.01. The molecule has 0 amide bonds. The zero-order valence-electron chi connectivity index (χ0n) is 18.8. The van der Waals surface area contributed by atoms with E-state index in [9.17, 15) is 18.0 Å². The molecule has 0 aliphatic carbocycles. The second kappa shape index (κ2) is 8.96. The van der Waals surface area contributed by atoms with Gasteiger partial charge in [0.15, 0.2) is 11.4 Å². The van der Waals surface area contributed by atoms with Crippen LogP contribution in [0.5, 0.6) is 5.75 Å².